The van der Waals surface area contributed by atoms with Crippen LogP contribution < -0.4 is 11.1 Å². The number of halogens is 1. The second-order valence-electron chi connectivity index (χ2n) is 5.01. The lowest BCUT2D eigenvalue weighted by Gasteiger charge is -2.34. The van der Waals surface area contributed by atoms with Gasteiger partial charge in [-0.25, -0.2) is 4.39 Å². The van der Waals surface area contributed by atoms with Gasteiger partial charge in [0, 0.05) is 36.7 Å². The summed E-state index contributed by atoms with van der Waals surface area (Å²) in [6.45, 7) is -0.136. The number of anilines is 1. The fourth-order valence-electron chi connectivity index (χ4n) is 2.53. The fraction of sp³-hybridized carbons (Fsp3) is 0.357. The third-order valence-corrected chi connectivity index (χ3v) is 3.69. The minimum Gasteiger partial charge on any atom is -0.398 e. The molecular weight excluding hydrogens is 293 g/mol. The zero-order valence-electron chi connectivity index (χ0n) is 11.9. The van der Waals surface area contributed by atoms with Crippen molar-refractivity contribution in [2.24, 2.45) is 0 Å². The zero-order valence-corrected chi connectivity index (χ0v) is 11.9. The van der Waals surface area contributed by atoms with E-state index < -0.39 is 23.4 Å². The van der Waals surface area contributed by atoms with E-state index in [0.717, 1.165) is 17.0 Å². The average molecular weight is 309 g/mol. The van der Waals surface area contributed by atoms with Gasteiger partial charge >= 0.3 is 0 Å². The van der Waals surface area contributed by atoms with E-state index in [-0.39, 0.29) is 30.6 Å². The molecule has 0 spiro atoms. The van der Waals surface area contributed by atoms with Gasteiger partial charge in [0.25, 0.3) is 11.8 Å². The summed E-state index contributed by atoms with van der Waals surface area (Å²) >= 11 is 0. The number of rotatable bonds is 5. The van der Waals surface area contributed by atoms with Crippen LogP contribution in [0.3, 0.4) is 0 Å². The van der Waals surface area contributed by atoms with Crippen LogP contribution in [0.2, 0.25) is 0 Å². The fourth-order valence-corrected chi connectivity index (χ4v) is 2.53. The van der Waals surface area contributed by atoms with Crippen LogP contribution in [0.25, 0.3) is 0 Å². The summed E-state index contributed by atoms with van der Waals surface area (Å²) in [6.07, 6.45) is 0.155. The summed E-state index contributed by atoms with van der Waals surface area (Å²) in [5.41, 5.74) is 3.91. The van der Waals surface area contributed by atoms with Crippen LogP contribution in [-0.2, 0) is 16.1 Å². The molecule has 8 heteroatoms. The summed E-state index contributed by atoms with van der Waals surface area (Å²) in [5, 5.41) is 12.9. The number of likely N-dealkylation sites (N-methyl/N-ethyl adjacent to an activating group) is 1. The number of carbonyl (C=O) groups is 3. The summed E-state index contributed by atoms with van der Waals surface area (Å²) in [5.74, 6) is -2.21. The molecule has 0 bridgehead atoms. The number of fused-ring (bicyclic) bond motifs is 1. The lowest BCUT2D eigenvalue weighted by molar-refractivity contribution is -0.159. The number of hydrogen-bond acceptors (Lipinski definition) is 5. The number of nitrogens with two attached hydrogens (primary N) is 1. The van der Waals surface area contributed by atoms with Gasteiger partial charge in [-0.15, -0.1) is 0 Å². The van der Waals surface area contributed by atoms with E-state index in [1.165, 1.54) is 7.05 Å². The molecule has 1 aliphatic rings. The average Bonchev–Trinajstić information content (AvgIpc) is 2.82. The van der Waals surface area contributed by atoms with Crippen LogP contribution in [0.5, 0.6) is 0 Å². The number of aliphatic hydroxyl groups is 1. The van der Waals surface area contributed by atoms with E-state index in [1.54, 1.807) is 0 Å². The predicted molar refractivity (Wildman–Crippen MR) is 75.0 cm³/mol. The molecule has 0 saturated heterocycles. The predicted octanol–water partition coefficient (Wildman–Crippen LogP) is -0.223. The molecule has 0 aromatic heterocycles. The van der Waals surface area contributed by atoms with Gasteiger partial charge in [-0.3, -0.25) is 14.5 Å². The van der Waals surface area contributed by atoms with Crippen molar-refractivity contribution in [3.63, 3.8) is 0 Å². The third-order valence-electron chi connectivity index (χ3n) is 3.69. The summed E-state index contributed by atoms with van der Waals surface area (Å²) in [4.78, 5) is 35.9. The molecule has 4 N–H and O–H groups in total. The number of nitrogens with zero attached hydrogens (tertiary/aromatic N) is 1. The molecule has 0 radical (unpaired) electrons. The van der Waals surface area contributed by atoms with Crippen LogP contribution in [-0.4, -0.2) is 40.9 Å². The Hall–Kier alpha value is -2.48. The van der Waals surface area contributed by atoms with Gasteiger partial charge in [0.2, 0.25) is 5.72 Å². The van der Waals surface area contributed by atoms with Crippen molar-refractivity contribution >= 4 is 23.8 Å². The highest BCUT2D eigenvalue weighted by Crippen LogP contribution is 2.34. The number of nitrogens with one attached hydrogen (secondary N) is 1. The highest BCUT2D eigenvalue weighted by atomic mass is 19.1. The van der Waals surface area contributed by atoms with Crippen LogP contribution in [0.4, 0.5) is 10.1 Å². The number of aldehydes is 1. The first-order valence-electron chi connectivity index (χ1n) is 6.63. The molecule has 1 atom stereocenters. The maximum atomic E-state index is 13.4. The number of benzene rings is 1. The van der Waals surface area contributed by atoms with Crippen molar-refractivity contribution in [3.8, 4) is 0 Å². The second kappa shape index (κ2) is 5.72. The maximum absolute atomic E-state index is 13.4. The van der Waals surface area contributed by atoms with Crippen molar-refractivity contribution in [2.75, 3.05) is 12.8 Å². The summed E-state index contributed by atoms with van der Waals surface area (Å²) in [6, 6.07) is 2.08. The summed E-state index contributed by atoms with van der Waals surface area (Å²) < 4.78 is 13.4. The molecule has 2 amide bonds. The summed E-state index contributed by atoms with van der Waals surface area (Å²) in [7, 11) is 1.30. The zero-order chi connectivity index (χ0) is 16.5. The minimum absolute atomic E-state index is 0.00549. The van der Waals surface area contributed by atoms with Gasteiger partial charge in [-0.2, -0.15) is 0 Å². The van der Waals surface area contributed by atoms with E-state index in [9.17, 15) is 23.9 Å². The topological polar surface area (TPSA) is 113 Å². The molecule has 0 saturated carbocycles. The quantitative estimate of drug-likeness (QED) is 0.514. The maximum Gasteiger partial charge on any atom is 0.273 e. The van der Waals surface area contributed by atoms with Crippen molar-refractivity contribution < 1.29 is 23.9 Å². The SMILES string of the molecule is CNC(=O)C(O)(CCC=O)N1Cc2c(N)cc(F)cc2C1=O. The van der Waals surface area contributed by atoms with Crippen molar-refractivity contribution in [1.82, 2.24) is 10.2 Å². The molecular formula is C14H16FN3O4. The van der Waals surface area contributed by atoms with E-state index in [2.05, 4.69) is 5.32 Å². The Morgan fingerprint density at radius 1 is 1.59 bits per heavy atom. The minimum atomic E-state index is -2.20. The smallest absolute Gasteiger partial charge is 0.273 e. The van der Waals surface area contributed by atoms with E-state index in [1.807, 2.05) is 0 Å². The van der Waals surface area contributed by atoms with Gasteiger partial charge in [-0.05, 0) is 12.1 Å². The van der Waals surface area contributed by atoms with E-state index >= 15 is 0 Å². The number of amides is 2. The molecule has 2 rings (SSSR count). The van der Waals surface area contributed by atoms with E-state index in [0.29, 0.717) is 11.8 Å². The largest absolute Gasteiger partial charge is 0.398 e. The van der Waals surface area contributed by atoms with Gasteiger partial charge in [0.15, 0.2) is 0 Å². The molecule has 1 unspecified atom stereocenters. The van der Waals surface area contributed by atoms with Crippen molar-refractivity contribution in [3.05, 3.63) is 29.1 Å². The molecule has 1 aromatic carbocycles. The van der Waals surface area contributed by atoms with Gasteiger partial charge in [0.1, 0.15) is 12.1 Å². The Balaban J connectivity index is 2.44. The van der Waals surface area contributed by atoms with Crippen LogP contribution in [0.1, 0.15) is 28.8 Å². The Morgan fingerprint density at radius 3 is 2.86 bits per heavy atom. The molecule has 1 heterocycles. The van der Waals surface area contributed by atoms with Gasteiger partial charge in [0.05, 0.1) is 6.54 Å². The first kappa shape index (κ1) is 15.9. The Kier molecular flexibility index (Phi) is 4.14. The standard InChI is InChI=1S/C14H16FN3O4/c1-17-13(21)14(22,3-2-4-19)18-7-10-9(12(18)20)5-8(15)6-11(10)16/h4-6,22H,2-3,7,16H2,1H3,(H,17,21). The lowest BCUT2D eigenvalue weighted by atomic mass is 10.0. The van der Waals surface area contributed by atoms with Crippen molar-refractivity contribution in [2.45, 2.75) is 25.1 Å². The molecule has 1 aromatic rings. The molecule has 0 fully saturated rings. The first-order chi connectivity index (χ1) is 10.3. The Labute approximate surface area is 125 Å². The Morgan fingerprint density at radius 2 is 2.27 bits per heavy atom. The monoisotopic (exact) mass is 309 g/mol. The van der Waals surface area contributed by atoms with Gasteiger partial charge < -0.3 is 21.0 Å². The highest BCUT2D eigenvalue weighted by Gasteiger charge is 2.48. The first-order valence-corrected chi connectivity index (χ1v) is 6.63. The lowest BCUT2D eigenvalue weighted by Crippen LogP contribution is -2.58. The molecule has 1 aliphatic heterocycles. The van der Waals surface area contributed by atoms with E-state index in [4.69, 9.17) is 5.73 Å². The number of hydrogen-bond donors (Lipinski definition) is 3. The van der Waals surface area contributed by atoms with Crippen LogP contribution >= 0.6 is 0 Å². The normalized spacial score (nSPS) is 16.1. The molecule has 0 aliphatic carbocycles. The molecule has 118 valence electrons. The molecule has 22 heavy (non-hydrogen) atoms. The van der Waals surface area contributed by atoms with Crippen LogP contribution in [0, 0.1) is 5.82 Å². The Bertz CT molecular complexity index is 649. The number of carbonyl (C=O) groups excluding carboxylic acids is 3. The number of nitrogen functional groups attached to an aromatic ring is 1. The van der Waals surface area contributed by atoms with Gasteiger partial charge in [-0.1, -0.05) is 0 Å². The second-order valence-corrected chi connectivity index (χ2v) is 5.01. The van der Waals surface area contributed by atoms with Crippen LogP contribution in [0.15, 0.2) is 12.1 Å². The third kappa shape index (κ3) is 2.41. The molecule has 7 nitrogen and oxygen atoms in total. The van der Waals surface area contributed by atoms with Crippen molar-refractivity contribution in [1.29, 1.82) is 0 Å². The highest BCUT2D eigenvalue weighted by molar-refractivity contribution is 6.03.